The molecule has 3 rings (SSSR count). The smallest absolute Gasteiger partial charge is 0.126 e. The molecule has 4 heteroatoms. The van der Waals surface area contributed by atoms with E-state index in [0.29, 0.717) is 0 Å². The molecular formula is C14H10BrClOS. The lowest BCUT2D eigenvalue weighted by Crippen LogP contribution is -1.89. The Kier molecular flexibility index (Phi) is 3.22. The van der Waals surface area contributed by atoms with E-state index in [1.54, 1.807) is 11.3 Å². The maximum Gasteiger partial charge on any atom is 0.126 e. The summed E-state index contributed by atoms with van der Waals surface area (Å²) in [6.45, 7) is 1.93. The highest BCUT2D eigenvalue weighted by Crippen LogP contribution is 2.40. The van der Waals surface area contributed by atoms with Crippen molar-refractivity contribution in [3.05, 3.63) is 57.3 Å². The number of hydrogen-bond acceptors (Lipinski definition) is 2. The lowest BCUT2D eigenvalue weighted by Gasteiger charge is -2.05. The van der Waals surface area contributed by atoms with Gasteiger partial charge in [0.25, 0.3) is 0 Å². The van der Waals surface area contributed by atoms with E-state index in [9.17, 15) is 0 Å². The molecule has 0 fully saturated rings. The Bertz CT molecular complexity index is 701. The van der Waals surface area contributed by atoms with Gasteiger partial charge < -0.3 is 4.42 Å². The molecule has 0 aliphatic rings. The molecule has 1 atom stereocenters. The first kappa shape index (κ1) is 12.3. The summed E-state index contributed by atoms with van der Waals surface area (Å²) in [5.74, 6) is 1.69. The molecular weight excluding hydrogens is 332 g/mol. The highest BCUT2D eigenvalue weighted by atomic mass is 79.9. The van der Waals surface area contributed by atoms with Crippen LogP contribution >= 0.6 is 38.9 Å². The number of fused-ring (bicyclic) bond motifs is 1. The van der Waals surface area contributed by atoms with Gasteiger partial charge in [0.2, 0.25) is 0 Å². The molecule has 1 aromatic carbocycles. The molecule has 18 heavy (non-hydrogen) atoms. The van der Waals surface area contributed by atoms with Gasteiger partial charge in [0.15, 0.2) is 0 Å². The third kappa shape index (κ3) is 2.00. The topological polar surface area (TPSA) is 13.1 Å². The second-order valence-corrected chi connectivity index (χ2v) is 6.29. The highest BCUT2D eigenvalue weighted by molar-refractivity contribution is 9.10. The number of benzene rings is 1. The summed E-state index contributed by atoms with van der Waals surface area (Å²) in [4.78, 5) is 0. The zero-order chi connectivity index (χ0) is 12.7. The third-order valence-electron chi connectivity index (χ3n) is 2.87. The van der Waals surface area contributed by atoms with Gasteiger partial charge in [0, 0.05) is 9.17 Å². The van der Waals surface area contributed by atoms with Crippen molar-refractivity contribution in [1.29, 1.82) is 0 Å². The molecule has 0 aliphatic heterocycles. The van der Waals surface area contributed by atoms with E-state index in [-0.39, 0.29) is 5.38 Å². The quantitative estimate of drug-likeness (QED) is 0.529. The fourth-order valence-electron chi connectivity index (χ4n) is 1.98. The lowest BCUT2D eigenvalue weighted by atomic mass is 10.1. The average Bonchev–Trinajstić information content (AvgIpc) is 2.95. The Morgan fingerprint density at radius 1 is 1.28 bits per heavy atom. The summed E-state index contributed by atoms with van der Waals surface area (Å²) in [7, 11) is 0. The molecule has 0 amide bonds. The number of furan rings is 1. The lowest BCUT2D eigenvalue weighted by molar-refractivity contribution is 0.489. The van der Waals surface area contributed by atoms with Crippen LogP contribution in [0.2, 0.25) is 0 Å². The van der Waals surface area contributed by atoms with Crippen LogP contribution in [0.15, 0.2) is 44.6 Å². The van der Waals surface area contributed by atoms with Gasteiger partial charge >= 0.3 is 0 Å². The van der Waals surface area contributed by atoms with Crippen LogP contribution in [-0.4, -0.2) is 0 Å². The molecule has 2 aromatic heterocycles. The molecule has 1 nitrogen and oxygen atoms in total. The summed E-state index contributed by atoms with van der Waals surface area (Å²) >= 11 is 11.8. The Morgan fingerprint density at radius 3 is 2.83 bits per heavy atom. The van der Waals surface area contributed by atoms with Crippen molar-refractivity contribution in [2.24, 2.45) is 0 Å². The number of thiophene rings is 1. The van der Waals surface area contributed by atoms with E-state index in [2.05, 4.69) is 27.4 Å². The molecule has 2 heterocycles. The van der Waals surface area contributed by atoms with Gasteiger partial charge in [-0.25, -0.2) is 0 Å². The van der Waals surface area contributed by atoms with Crippen LogP contribution in [0.4, 0.5) is 0 Å². The monoisotopic (exact) mass is 340 g/mol. The fourth-order valence-corrected chi connectivity index (χ4v) is 4.00. The SMILES string of the molecule is Cc1ccc(C(Cl)c2csc3c(Br)cccc23)o1. The minimum absolute atomic E-state index is 0.234. The Balaban J connectivity index is 2.12. The number of hydrogen-bond donors (Lipinski definition) is 0. The first-order valence-electron chi connectivity index (χ1n) is 5.53. The van der Waals surface area contributed by atoms with Gasteiger partial charge in [-0.3, -0.25) is 0 Å². The molecule has 1 unspecified atom stereocenters. The van der Waals surface area contributed by atoms with Gasteiger partial charge in [0.05, 0.1) is 0 Å². The predicted molar refractivity (Wildman–Crippen MR) is 80.7 cm³/mol. The van der Waals surface area contributed by atoms with Crippen LogP contribution in [0.5, 0.6) is 0 Å². The maximum absolute atomic E-state index is 6.52. The molecule has 0 bridgehead atoms. The van der Waals surface area contributed by atoms with E-state index in [4.69, 9.17) is 16.0 Å². The normalized spacial score (nSPS) is 13.1. The molecule has 0 saturated heterocycles. The molecule has 0 saturated carbocycles. The van der Waals surface area contributed by atoms with Crippen LogP contribution in [0.25, 0.3) is 10.1 Å². The molecule has 0 spiro atoms. The van der Waals surface area contributed by atoms with Gasteiger partial charge in [-0.1, -0.05) is 12.1 Å². The zero-order valence-electron chi connectivity index (χ0n) is 9.61. The summed E-state index contributed by atoms with van der Waals surface area (Å²) in [5, 5.41) is 3.05. The van der Waals surface area contributed by atoms with Crippen molar-refractivity contribution in [2.45, 2.75) is 12.3 Å². The van der Waals surface area contributed by atoms with Crippen molar-refractivity contribution in [2.75, 3.05) is 0 Å². The number of aryl methyl sites for hydroxylation is 1. The van der Waals surface area contributed by atoms with E-state index in [1.807, 2.05) is 31.2 Å². The van der Waals surface area contributed by atoms with E-state index in [0.717, 1.165) is 21.6 Å². The number of halogens is 2. The summed E-state index contributed by atoms with van der Waals surface area (Å²) in [5.41, 5.74) is 1.10. The van der Waals surface area contributed by atoms with Crippen molar-refractivity contribution >= 4 is 49.0 Å². The van der Waals surface area contributed by atoms with Gasteiger partial charge in [-0.2, -0.15) is 0 Å². The van der Waals surface area contributed by atoms with Crippen LogP contribution in [0, 0.1) is 6.92 Å². The van der Waals surface area contributed by atoms with E-state index >= 15 is 0 Å². The second kappa shape index (κ2) is 4.72. The van der Waals surface area contributed by atoms with Crippen LogP contribution < -0.4 is 0 Å². The van der Waals surface area contributed by atoms with Gasteiger partial charge in [-0.05, 0) is 57.4 Å². The zero-order valence-corrected chi connectivity index (χ0v) is 12.8. The largest absolute Gasteiger partial charge is 0.464 e. The highest BCUT2D eigenvalue weighted by Gasteiger charge is 2.19. The standard InChI is InChI=1S/C14H10BrClOS/c1-8-5-6-12(17-8)13(16)10-7-18-14-9(10)3-2-4-11(14)15/h2-7,13H,1H3. The van der Waals surface area contributed by atoms with Gasteiger partial charge in [-0.15, -0.1) is 22.9 Å². The van der Waals surface area contributed by atoms with Crippen molar-refractivity contribution in [3.8, 4) is 0 Å². The first-order valence-corrected chi connectivity index (χ1v) is 7.64. The minimum Gasteiger partial charge on any atom is -0.464 e. The minimum atomic E-state index is -0.234. The molecule has 92 valence electrons. The van der Waals surface area contributed by atoms with Crippen molar-refractivity contribution in [3.63, 3.8) is 0 Å². The average molecular weight is 342 g/mol. The van der Waals surface area contributed by atoms with Crippen molar-refractivity contribution < 1.29 is 4.42 Å². The van der Waals surface area contributed by atoms with E-state index < -0.39 is 0 Å². The van der Waals surface area contributed by atoms with Crippen molar-refractivity contribution in [1.82, 2.24) is 0 Å². The van der Waals surface area contributed by atoms with Crippen LogP contribution in [0.1, 0.15) is 22.5 Å². The summed E-state index contributed by atoms with van der Waals surface area (Å²) < 4.78 is 7.94. The van der Waals surface area contributed by atoms with Crippen LogP contribution in [-0.2, 0) is 0 Å². The fraction of sp³-hybridized carbons (Fsp3) is 0.143. The number of alkyl halides is 1. The third-order valence-corrected chi connectivity index (χ3v) is 5.29. The summed E-state index contributed by atoms with van der Waals surface area (Å²) in [6, 6.07) is 10.0. The summed E-state index contributed by atoms with van der Waals surface area (Å²) in [6.07, 6.45) is 0. The second-order valence-electron chi connectivity index (χ2n) is 4.12. The number of rotatable bonds is 2. The Hall–Kier alpha value is -0.770. The predicted octanol–water partition coefficient (Wildman–Crippen LogP) is 5.89. The molecule has 3 aromatic rings. The van der Waals surface area contributed by atoms with E-state index in [1.165, 1.54) is 10.1 Å². The Morgan fingerprint density at radius 2 is 2.11 bits per heavy atom. The molecule has 0 N–H and O–H groups in total. The molecule has 0 radical (unpaired) electrons. The molecule has 0 aliphatic carbocycles. The maximum atomic E-state index is 6.52. The Labute approximate surface area is 123 Å². The van der Waals surface area contributed by atoms with Crippen LogP contribution in [0.3, 0.4) is 0 Å². The van der Waals surface area contributed by atoms with Gasteiger partial charge in [0.1, 0.15) is 16.9 Å². The first-order chi connectivity index (χ1) is 8.66.